The van der Waals surface area contributed by atoms with Crippen LogP contribution in [0.15, 0.2) is 0 Å². The highest BCUT2D eigenvalue weighted by atomic mass is 35.5. The molecular weight excluding hydrogens is 196 g/mol. The number of hydrogen-bond donors (Lipinski definition) is 1. The lowest BCUT2D eigenvalue weighted by Crippen LogP contribution is -2.33. The molecular formula is C11H23ClN2. The molecule has 0 radical (unpaired) electrons. The number of nitrogens with zero attached hydrogens (tertiary/aromatic N) is 1. The first kappa shape index (κ1) is 12.3. The van der Waals surface area contributed by atoms with Crippen LogP contribution in [0.2, 0.25) is 0 Å². The summed E-state index contributed by atoms with van der Waals surface area (Å²) in [5.41, 5.74) is 5.92. The summed E-state index contributed by atoms with van der Waals surface area (Å²) in [5.74, 6) is 1.00. The standard InChI is InChI=1S/C11H22N2.ClH/c1-2-9-3-4-11(7-9)13-6-5-10(12)8-13;/h9-11H,2-8,12H2,1H3;1H/t9?,10-,11?;/m1./s1. The van der Waals surface area contributed by atoms with Crippen molar-refractivity contribution in [2.75, 3.05) is 13.1 Å². The molecule has 0 amide bonds. The molecule has 1 aliphatic heterocycles. The molecule has 2 rings (SSSR count). The highest BCUT2D eigenvalue weighted by Gasteiger charge is 2.31. The van der Waals surface area contributed by atoms with Crippen molar-refractivity contribution in [1.29, 1.82) is 0 Å². The minimum Gasteiger partial charge on any atom is -0.326 e. The Morgan fingerprint density at radius 3 is 2.57 bits per heavy atom. The third-order valence-electron chi connectivity index (χ3n) is 3.86. The van der Waals surface area contributed by atoms with Crippen LogP contribution in [-0.2, 0) is 0 Å². The first-order valence-electron chi connectivity index (χ1n) is 5.79. The number of hydrogen-bond acceptors (Lipinski definition) is 2. The minimum atomic E-state index is 0. The molecule has 3 heteroatoms. The van der Waals surface area contributed by atoms with E-state index in [0.29, 0.717) is 6.04 Å². The average Bonchev–Trinajstić information content (AvgIpc) is 2.71. The van der Waals surface area contributed by atoms with Crippen molar-refractivity contribution in [1.82, 2.24) is 4.90 Å². The Labute approximate surface area is 93.6 Å². The van der Waals surface area contributed by atoms with Gasteiger partial charge in [-0.05, 0) is 31.6 Å². The average molecular weight is 219 g/mol. The quantitative estimate of drug-likeness (QED) is 0.769. The molecule has 2 N–H and O–H groups in total. The summed E-state index contributed by atoms with van der Waals surface area (Å²) >= 11 is 0. The van der Waals surface area contributed by atoms with E-state index >= 15 is 0 Å². The molecule has 0 aromatic carbocycles. The van der Waals surface area contributed by atoms with Crippen molar-refractivity contribution in [2.45, 2.75) is 51.1 Å². The van der Waals surface area contributed by atoms with Gasteiger partial charge in [0, 0.05) is 25.2 Å². The zero-order valence-corrected chi connectivity index (χ0v) is 9.93. The van der Waals surface area contributed by atoms with Crippen molar-refractivity contribution >= 4 is 12.4 Å². The van der Waals surface area contributed by atoms with Crippen LogP contribution >= 0.6 is 12.4 Å². The first-order valence-corrected chi connectivity index (χ1v) is 5.79. The Morgan fingerprint density at radius 2 is 2.07 bits per heavy atom. The van der Waals surface area contributed by atoms with Crippen molar-refractivity contribution < 1.29 is 0 Å². The van der Waals surface area contributed by atoms with Crippen LogP contribution in [0.3, 0.4) is 0 Å². The molecule has 0 bridgehead atoms. The smallest absolute Gasteiger partial charge is 0.0180 e. The lowest BCUT2D eigenvalue weighted by molar-refractivity contribution is 0.237. The van der Waals surface area contributed by atoms with Gasteiger partial charge >= 0.3 is 0 Å². The Hall–Kier alpha value is 0.210. The summed E-state index contributed by atoms with van der Waals surface area (Å²) in [6.07, 6.45) is 6.89. The Balaban J connectivity index is 0.000000980. The van der Waals surface area contributed by atoms with Gasteiger partial charge in [0.1, 0.15) is 0 Å². The van der Waals surface area contributed by atoms with Crippen molar-refractivity contribution in [3.63, 3.8) is 0 Å². The number of halogens is 1. The molecule has 1 heterocycles. The highest BCUT2D eigenvalue weighted by Crippen LogP contribution is 2.32. The molecule has 0 aromatic rings. The Morgan fingerprint density at radius 1 is 1.29 bits per heavy atom. The largest absolute Gasteiger partial charge is 0.326 e. The summed E-state index contributed by atoms with van der Waals surface area (Å²) < 4.78 is 0. The van der Waals surface area contributed by atoms with Gasteiger partial charge in [-0.2, -0.15) is 0 Å². The van der Waals surface area contributed by atoms with Crippen LogP contribution in [0.25, 0.3) is 0 Å². The predicted octanol–water partition coefficient (Wildman–Crippen LogP) is 2.02. The van der Waals surface area contributed by atoms with E-state index in [4.69, 9.17) is 5.73 Å². The van der Waals surface area contributed by atoms with Gasteiger partial charge in [-0.3, -0.25) is 4.90 Å². The summed E-state index contributed by atoms with van der Waals surface area (Å²) in [6, 6.07) is 1.33. The number of nitrogens with two attached hydrogens (primary N) is 1. The SMILES string of the molecule is CCC1CCC(N2CC[C@@H](N)C2)C1.Cl. The van der Waals surface area contributed by atoms with E-state index < -0.39 is 0 Å². The second kappa shape index (κ2) is 5.34. The van der Waals surface area contributed by atoms with Gasteiger partial charge in [-0.15, -0.1) is 12.4 Å². The van der Waals surface area contributed by atoms with Crippen LogP contribution in [0.4, 0.5) is 0 Å². The number of likely N-dealkylation sites (tertiary alicyclic amines) is 1. The maximum atomic E-state index is 5.92. The maximum Gasteiger partial charge on any atom is 0.0180 e. The van der Waals surface area contributed by atoms with Gasteiger partial charge < -0.3 is 5.73 Å². The fourth-order valence-corrected chi connectivity index (χ4v) is 2.90. The molecule has 2 nitrogen and oxygen atoms in total. The molecule has 0 aromatic heterocycles. The lowest BCUT2D eigenvalue weighted by atomic mass is 10.1. The normalized spacial score (nSPS) is 38.6. The van der Waals surface area contributed by atoms with E-state index in [9.17, 15) is 0 Å². The van der Waals surface area contributed by atoms with Gasteiger partial charge in [0.2, 0.25) is 0 Å². The predicted molar refractivity (Wildman–Crippen MR) is 62.8 cm³/mol. The lowest BCUT2D eigenvalue weighted by Gasteiger charge is -2.23. The van der Waals surface area contributed by atoms with E-state index in [2.05, 4.69) is 11.8 Å². The van der Waals surface area contributed by atoms with E-state index in [1.165, 1.54) is 38.6 Å². The minimum absolute atomic E-state index is 0. The molecule has 1 aliphatic carbocycles. The second-order valence-corrected chi connectivity index (χ2v) is 4.78. The van der Waals surface area contributed by atoms with Gasteiger partial charge in [0.05, 0.1) is 0 Å². The molecule has 2 fully saturated rings. The fraction of sp³-hybridized carbons (Fsp3) is 1.00. The Kier molecular flexibility index (Phi) is 4.68. The molecule has 1 saturated carbocycles. The zero-order valence-electron chi connectivity index (χ0n) is 9.11. The molecule has 84 valence electrons. The molecule has 2 aliphatic rings. The zero-order chi connectivity index (χ0) is 9.26. The summed E-state index contributed by atoms with van der Waals surface area (Å²) in [7, 11) is 0. The molecule has 14 heavy (non-hydrogen) atoms. The van der Waals surface area contributed by atoms with Crippen molar-refractivity contribution in [2.24, 2.45) is 11.7 Å². The van der Waals surface area contributed by atoms with Gasteiger partial charge in [-0.1, -0.05) is 13.3 Å². The van der Waals surface area contributed by atoms with Crippen LogP contribution in [0, 0.1) is 5.92 Å². The molecule has 2 unspecified atom stereocenters. The first-order chi connectivity index (χ1) is 6.29. The molecule has 0 spiro atoms. The third kappa shape index (κ3) is 2.62. The van der Waals surface area contributed by atoms with Crippen LogP contribution < -0.4 is 5.73 Å². The van der Waals surface area contributed by atoms with Crippen LogP contribution in [-0.4, -0.2) is 30.1 Å². The highest BCUT2D eigenvalue weighted by molar-refractivity contribution is 5.85. The van der Waals surface area contributed by atoms with E-state index in [0.717, 1.165) is 18.5 Å². The van der Waals surface area contributed by atoms with Crippen LogP contribution in [0.5, 0.6) is 0 Å². The summed E-state index contributed by atoms with van der Waals surface area (Å²) in [4.78, 5) is 2.63. The van der Waals surface area contributed by atoms with Crippen molar-refractivity contribution in [3.8, 4) is 0 Å². The van der Waals surface area contributed by atoms with Gasteiger partial charge in [0.15, 0.2) is 0 Å². The molecule has 1 saturated heterocycles. The number of rotatable bonds is 2. The molecule has 3 atom stereocenters. The summed E-state index contributed by atoms with van der Waals surface area (Å²) in [6.45, 7) is 4.73. The summed E-state index contributed by atoms with van der Waals surface area (Å²) in [5, 5.41) is 0. The Bertz CT molecular complexity index is 175. The van der Waals surface area contributed by atoms with Gasteiger partial charge in [-0.25, -0.2) is 0 Å². The van der Waals surface area contributed by atoms with E-state index in [1.807, 2.05) is 0 Å². The topological polar surface area (TPSA) is 29.3 Å². The maximum absolute atomic E-state index is 5.92. The third-order valence-corrected chi connectivity index (χ3v) is 3.86. The second-order valence-electron chi connectivity index (χ2n) is 4.78. The van der Waals surface area contributed by atoms with Crippen LogP contribution in [0.1, 0.15) is 39.0 Å². The van der Waals surface area contributed by atoms with E-state index in [1.54, 1.807) is 0 Å². The fourth-order valence-electron chi connectivity index (χ4n) is 2.90. The monoisotopic (exact) mass is 218 g/mol. The van der Waals surface area contributed by atoms with E-state index in [-0.39, 0.29) is 12.4 Å². The van der Waals surface area contributed by atoms with Gasteiger partial charge in [0.25, 0.3) is 0 Å². The van der Waals surface area contributed by atoms with Crippen molar-refractivity contribution in [3.05, 3.63) is 0 Å².